The second kappa shape index (κ2) is 5.77. The number of halogens is 2. The third-order valence-corrected chi connectivity index (χ3v) is 3.82. The Morgan fingerprint density at radius 1 is 1.25 bits per heavy atom. The Balaban J connectivity index is 2.16. The highest BCUT2D eigenvalue weighted by atomic mass is 19.2. The van der Waals surface area contributed by atoms with Crippen LogP contribution in [0.5, 0.6) is 0 Å². The number of pyridine rings is 1. The zero-order valence-electron chi connectivity index (χ0n) is 12.6. The maximum absolute atomic E-state index is 14.0. The van der Waals surface area contributed by atoms with Crippen molar-refractivity contribution in [3.63, 3.8) is 0 Å². The zero-order chi connectivity index (χ0) is 17.4. The standard InChI is InChI=1S/C17H13F2N3O2/c1-22-6-5-10-12(8-21-15(10)17(22)24)16(23)11(7-20)9-3-2-4-13(18)14(9)19/h2-8,21H,20H2,1H3. The molecule has 7 heteroatoms. The summed E-state index contributed by atoms with van der Waals surface area (Å²) < 4.78 is 28.8. The lowest BCUT2D eigenvalue weighted by atomic mass is 9.97. The number of aromatic nitrogens is 2. The summed E-state index contributed by atoms with van der Waals surface area (Å²) in [6.07, 6.45) is 3.80. The maximum atomic E-state index is 14.0. The number of aryl methyl sites for hydroxylation is 1. The first kappa shape index (κ1) is 15.7. The molecule has 3 N–H and O–H groups in total. The van der Waals surface area contributed by atoms with Gasteiger partial charge in [-0.15, -0.1) is 0 Å². The Kier molecular flexibility index (Phi) is 3.76. The van der Waals surface area contributed by atoms with E-state index < -0.39 is 17.4 Å². The summed E-state index contributed by atoms with van der Waals surface area (Å²) in [7, 11) is 1.58. The van der Waals surface area contributed by atoms with Crippen LogP contribution in [-0.2, 0) is 7.05 Å². The van der Waals surface area contributed by atoms with Gasteiger partial charge < -0.3 is 15.3 Å². The molecular formula is C17H13F2N3O2. The van der Waals surface area contributed by atoms with Gasteiger partial charge in [0.1, 0.15) is 5.52 Å². The van der Waals surface area contributed by atoms with Crippen molar-refractivity contribution in [2.45, 2.75) is 0 Å². The highest BCUT2D eigenvalue weighted by molar-refractivity contribution is 6.32. The van der Waals surface area contributed by atoms with Crippen LogP contribution < -0.4 is 11.3 Å². The Morgan fingerprint density at radius 3 is 2.71 bits per heavy atom. The van der Waals surface area contributed by atoms with Crippen LogP contribution in [-0.4, -0.2) is 15.3 Å². The molecule has 24 heavy (non-hydrogen) atoms. The topological polar surface area (TPSA) is 80.9 Å². The summed E-state index contributed by atoms with van der Waals surface area (Å²) >= 11 is 0. The van der Waals surface area contributed by atoms with Crippen LogP contribution in [0.2, 0.25) is 0 Å². The van der Waals surface area contributed by atoms with Gasteiger partial charge in [0.2, 0.25) is 0 Å². The number of Topliss-reactive ketones (excluding diaryl/α,β-unsaturated/α-hetero) is 1. The fourth-order valence-electron chi connectivity index (χ4n) is 2.55. The van der Waals surface area contributed by atoms with Crippen molar-refractivity contribution in [1.29, 1.82) is 0 Å². The van der Waals surface area contributed by atoms with Gasteiger partial charge in [-0.25, -0.2) is 8.78 Å². The fourth-order valence-corrected chi connectivity index (χ4v) is 2.55. The lowest BCUT2D eigenvalue weighted by Crippen LogP contribution is -2.15. The predicted octanol–water partition coefficient (Wildman–Crippen LogP) is 2.33. The Bertz CT molecular complexity index is 1050. The summed E-state index contributed by atoms with van der Waals surface area (Å²) in [4.78, 5) is 27.5. The summed E-state index contributed by atoms with van der Waals surface area (Å²) in [5.74, 6) is -2.84. The maximum Gasteiger partial charge on any atom is 0.274 e. The minimum atomic E-state index is -1.15. The molecule has 2 heterocycles. The SMILES string of the molecule is Cn1ccc2c(C(=O)C(=CN)c3cccc(F)c3F)c[nH]c2c1=O. The minimum Gasteiger partial charge on any atom is -0.404 e. The first-order valence-corrected chi connectivity index (χ1v) is 7.03. The van der Waals surface area contributed by atoms with Crippen molar-refractivity contribution in [3.8, 4) is 0 Å². The first-order valence-electron chi connectivity index (χ1n) is 7.03. The Labute approximate surface area is 135 Å². The second-order valence-electron chi connectivity index (χ2n) is 5.23. The smallest absolute Gasteiger partial charge is 0.274 e. The van der Waals surface area contributed by atoms with Crippen LogP contribution in [0, 0.1) is 11.6 Å². The number of carbonyl (C=O) groups is 1. The van der Waals surface area contributed by atoms with Crippen molar-refractivity contribution >= 4 is 22.3 Å². The van der Waals surface area contributed by atoms with Crippen LogP contribution in [0.1, 0.15) is 15.9 Å². The zero-order valence-corrected chi connectivity index (χ0v) is 12.6. The number of nitrogens with two attached hydrogens (primary N) is 1. The number of hydrogen-bond donors (Lipinski definition) is 2. The van der Waals surface area contributed by atoms with E-state index in [1.165, 1.54) is 29.1 Å². The highest BCUT2D eigenvalue weighted by Crippen LogP contribution is 2.26. The van der Waals surface area contributed by atoms with Gasteiger partial charge in [-0.3, -0.25) is 9.59 Å². The van der Waals surface area contributed by atoms with Crippen molar-refractivity contribution in [2.75, 3.05) is 0 Å². The van der Waals surface area contributed by atoms with Gasteiger partial charge in [0.25, 0.3) is 5.56 Å². The molecule has 0 radical (unpaired) electrons. The molecule has 2 aromatic heterocycles. The molecule has 0 aliphatic rings. The summed E-state index contributed by atoms with van der Waals surface area (Å²) in [5.41, 5.74) is 5.16. The van der Waals surface area contributed by atoms with E-state index in [2.05, 4.69) is 4.98 Å². The van der Waals surface area contributed by atoms with Gasteiger partial charge >= 0.3 is 0 Å². The number of nitrogens with zero attached hydrogens (tertiary/aromatic N) is 1. The van der Waals surface area contributed by atoms with Crippen molar-refractivity contribution < 1.29 is 13.6 Å². The molecule has 0 aliphatic carbocycles. The van der Waals surface area contributed by atoms with Crippen molar-refractivity contribution in [1.82, 2.24) is 9.55 Å². The van der Waals surface area contributed by atoms with Crippen LogP contribution in [0.4, 0.5) is 8.78 Å². The van der Waals surface area contributed by atoms with E-state index in [1.54, 1.807) is 13.1 Å². The number of fused-ring (bicyclic) bond motifs is 1. The molecule has 0 fully saturated rings. The van der Waals surface area contributed by atoms with E-state index in [0.717, 1.165) is 12.3 Å². The number of benzene rings is 1. The molecule has 0 spiro atoms. The molecule has 3 rings (SSSR count). The largest absolute Gasteiger partial charge is 0.404 e. The molecule has 5 nitrogen and oxygen atoms in total. The van der Waals surface area contributed by atoms with Gasteiger partial charge in [-0.2, -0.15) is 0 Å². The summed E-state index contributed by atoms with van der Waals surface area (Å²) in [6.45, 7) is 0. The van der Waals surface area contributed by atoms with Gasteiger partial charge in [-0.05, 0) is 12.1 Å². The molecule has 0 unspecified atom stereocenters. The third-order valence-electron chi connectivity index (χ3n) is 3.82. The number of rotatable bonds is 3. The summed E-state index contributed by atoms with van der Waals surface area (Å²) in [6, 6.07) is 5.10. The highest BCUT2D eigenvalue weighted by Gasteiger charge is 2.22. The van der Waals surface area contributed by atoms with E-state index in [1.807, 2.05) is 0 Å². The van der Waals surface area contributed by atoms with E-state index in [-0.39, 0.29) is 27.8 Å². The number of ketones is 1. The second-order valence-corrected chi connectivity index (χ2v) is 5.23. The third kappa shape index (κ3) is 2.30. The number of aromatic amines is 1. The molecule has 0 bridgehead atoms. The van der Waals surface area contributed by atoms with Crippen LogP contribution in [0.3, 0.4) is 0 Å². The van der Waals surface area contributed by atoms with Gasteiger partial charge in [-0.1, -0.05) is 12.1 Å². The van der Waals surface area contributed by atoms with E-state index >= 15 is 0 Å². The lowest BCUT2D eigenvalue weighted by molar-refractivity contribution is 0.105. The molecule has 0 amide bonds. The van der Waals surface area contributed by atoms with Crippen molar-refractivity contribution in [3.05, 3.63) is 76.0 Å². The van der Waals surface area contributed by atoms with Crippen LogP contribution >= 0.6 is 0 Å². The average Bonchev–Trinajstić information content (AvgIpc) is 3.00. The van der Waals surface area contributed by atoms with E-state index in [9.17, 15) is 18.4 Å². The number of H-pyrrole nitrogens is 1. The first-order chi connectivity index (χ1) is 11.5. The van der Waals surface area contributed by atoms with E-state index in [0.29, 0.717) is 5.39 Å². The summed E-state index contributed by atoms with van der Waals surface area (Å²) in [5, 5.41) is 0.388. The number of allylic oxidation sites excluding steroid dienone is 1. The van der Waals surface area contributed by atoms with Gasteiger partial charge in [0, 0.05) is 47.7 Å². The molecule has 0 saturated carbocycles. The quantitative estimate of drug-likeness (QED) is 0.572. The van der Waals surface area contributed by atoms with Gasteiger partial charge in [0.05, 0.1) is 0 Å². The van der Waals surface area contributed by atoms with Gasteiger partial charge in [0.15, 0.2) is 17.4 Å². The number of carbonyl (C=O) groups excluding carboxylic acids is 1. The Morgan fingerprint density at radius 2 is 2.00 bits per heavy atom. The molecule has 122 valence electrons. The molecule has 3 aromatic rings. The number of hydrogen-bond acceptors (Lipinski definition) is 3. The molecule has 1 aromatic carbocycles. The minimum absolute atomic E-state index is 0.156. The molecule has 0 saturated heterocycles. The predicted molar refractivity (Wildman–Crippen MR) is 86.4 cm³/mol. The Hall–Kier alpha value is -3.22. The lowest BCUT2D eigenvalue weighted by Gasteiger charge is -2.07. The monoisotopic (exact) mass is 329 g/mol. The molecule has 0 aliphatic heterocycles. The average molecular weight is 329 g/mol. The number of nitrogens with one attached hydrogen (secondary N) is 1. The molecular weight excluding hydrogens is 316 g/mol. The van der Waals surface area contributed by atoms with Crippen LogP contribution in [0.25, 0.3) is 16.5 Å². The normalized spacial score (nSPS) is 11.9. The van der Waals surface area contributed by atoms with Crippen molar-refractivity contribution in [2.24, 2.45) is 12.8 Å². The van der Waals surface area contributed by atoms with E-state index in [4.69, 9.17) is 5.73 Å². The molecule has 0 atom stereocenters. The van der Waals surface area contributed by atoms with Crippen LogP contribution in [0.15, 0.2) is 47.7 Å². The fraction of sp³-hybridized carbons (Fsp3) is 0.0588.